The number of hydroxylamine groups is 3. The van der Waals surface area contributed by atoms with Gasteiger partial charge >= 0.3 is 6.09 Å². The van der Waals surface area contributed by atoms with Crippen molar-refractivity contribution in [2.24, 2.45) is 0 Å². The van der Waals surface area contributed by atoms with Crippen LogP contribution in [0, 0.1) is 0 Å². The molecule has 4 rings (SSSR count). The van der Waals surface area contributed by atoms with E-state index < -0.39 is 6.09 Å². The number of carbonyl (C=O) groups excluding carboxylic acids is 1. The van der Waals surface area contributed by atoms with Crippen LogP contribution < -0.4 is 10.8 Å². The van der Waals surface area contributed by atoms with E-state index in [1.54, 1.807) is 5.06 Å². The van der Waals surface area contributed by atoms with Gasteiger partial charge in [0.05, 0.1) is 5.70 Å². The van der Waals surface area contributed by atoms with Gasteiger partial charge in [0.1, 0.15) is 5.60 Å². The molecule has 164 valence electrons. The molecule has 6 heteroatoms. The lowest BCUT2D eigenvalue weighted by atomic mass is 9.86. The Kier molecular flexibility index (Phi) is 6.03. The number of amides is 1. The minimum Gasteiger partial charge on any atom is -0.351 e. The normalized spacial score (nSPS) is 18.4. The molecule has 2 aliphatic heterocycles. The summed E-state index contributed by atoms with van der Waals surface area (Å²) in [4.78, 5) is 23.5. The van der Waals surface area contributed by atoms with Crippen LogP contribution in [-0.4, -0.2) is 29.8 Å². The van der Waals surface area contributed by atoms with Crippen molar-refractivity contribution >= 4 is 11.8 Å². The fraction of sp³-hybridized carbons (Fsp3) is 0.400. The smallest absolute Gasteiger partial charge is 0.351 e. The largest absolute Gasteiger partial charge is 0.426 e. The Labute approximate surface area is 184 Å². The zero-order valence-electron chi connectivity index (χ0n) is 18.5. The van der Waals surface area contributed by atoms with Crippen molar-refractivity contribution in [3.8, 4) is 0 Å². The van der Waals surface area contributed by atoms with Gasteiger partial charge in [-0.25, -0.2) is 4.79 Å². The molecule has 2 heterocycles. The molecule has 1 saturated heterocycles. The Bertz CT molecular complexity index is 925. The SMILES string of the molecule is CC(C)(C)c1ccc(C2=CC3(CCN(OC(=O)NCc4ccccc4)CC3)ON2)cc1. The van der Waals surface area contributed by atoms with E-state index in [-0.39, 0.29) is 11.0 Å². The number of hydrogen-bond donors (Lipinski definition) is 2. The number of carbonyl (C=O) groups is 1. The van der Waals surface area contributed by atoms with Crippen LogP contribution in [0.25, 0.3) is 5.70 Å². The molecule has 6 nitrogen and oxygen atoms in total. The zero-order valence-corrected chi connectivity index (χ0v) is 18.5. The van der Waals surface area contributed by atoms with Crippen molar-refractivity contribution in [2.75, 3.05) is 13.1 Å². The molecule has 0 unspecified atom stereocenters. The third-order valence-electron chi connectivity index (χ3n) is 5.89. The van der Waals surface area contributed by atoms with E-state index in [9.17, 15) is 4.79 Å². The van der Waals surface area contributed by atoms with Gasteiger partial charge in [-0.2, -0.15) is 0 Å². The van der Waals surface area contributed by atoms with E-state index in [1.165, 1.54) is 5.56 Å². The summed E-state index contributed by atoms with van der Waals surface area (Å²) in [7, 11) is 0. The maximum Gasteiger partial charge on any atom is 0.426 e. The van der Waals surface area contributed by atoms with Gasteiger partial charge in [0.15, 0.2) is 0 Å². The molecule has 0 aromatic heterocycles. The van der Waals surface area contributed by atoms with Gasteiger partial charge in [0.2, 0.25) is 0 Å². The summed E-state index contributed by atoms with van der Waals surface area (Å²) < 4.78 is 0. The minimum absolute atomic E-state index is 0.133. The summed E-state index contributed by atoms with van der Waals surface area (Å²) in [6.07, 6.45) is 3.23. The van der Waals surface area contributed by atoms with Crippen molar-refractivity contribution in [1.82, 2.24) is 15.9 Å². The second-order valence-corrected chi connectivity index (χ2v) is 9.30. The molecule has 2 N–H and O–H groups in total. The van der Waals surface area contributed by atoms with Gasteiger partial charge in [-0.1, -0.05) is 75.4 Å². The lowest BCUT2D eigenvalue weighted by Crippen LogP contribution is -2.46. The highest BCUT2D eigenvalue weighted by atomic mass is 16.7. The molecule has 1 fully saturated rings. The van der Waals surface area contributed by atoms with Crippen LogP contribution in [0.5, 0.6) is 0 Å². The quantitative estimate of drug-likeness (QED) is 0.759. The van der Waals surface area contributed by atoms with Crippen LogP contribution >= 0.6 is 0 Å². The number of piperidine rings is 1. The monoisotopic (exact) mass is 421 g/mol. The lowest BCUT2D eigenvalue weighted by Gasteiger charge is -2.35. The molecule has 1 spiro atoms. The second kappa shape index (κ2) is 8.73. The van der Waals surface area contributed by atoms with Gasteiger partial charge in [-0.3, -0.25) is 10.3 Å². The molecule has 0 saturated carbocycles. The van der Waals surface area contributed by atoms with Crippen LogP contribution in [0.15, 0.2) is 60.7 Å². The summed E-state index contributed by atoms with van der Waals surface area (Å²) in [5.41, 5.74) is 7.33. The summed E-state index contributed by atoms with van der Waals surface area (Å²) in [6.45, 7) is 8.33. The Morgan fingerprint density at radius 3 is 2.42 bits per heavy atom. The number of hydrogen-bond acceptors (Lipinski definition) is 5. The molecule has 1 amide bonds. The minimum atomic E-state index is -0.430. The number of benzene rings is 2. The molecular weight excluding hydrogens is 390 g/mol. The van der Waals surface area contributed by atoms with E-state index in [1.807, 2.05) is 30.3 Å². The molecule has 0 bridgehead atoms. The predicted molar refractivity (Wildman–Crippen MR) is 121 cm³/mol. The number of nitrogens with zero attached hydrogens (tertiary/aromatic N) is 1. The maximum atomic E-state index is 12.1. The van der Waals surface area contributed by atoms with Crippen LogP contribution in [0.2, 0.25) is 0 Å². The highest BCUT2D eigenvalue weighted by Gasteiger charge is 2.39. The van der Waals surface area contributed by atoms with Gasteiger partial charge in [0.25, 0.3) is 0 Å². The summed E-state index contributed by atoms with van der Waals surface area (Å²) in [6, 6.07) is 18.4. The zero-order chi connectivity index (χ0) is 21.9. The van der Waals surface area contributed by atoms with Gasteiger partial charge in [-0.05, 0) is 41.0 Å². The molecule has 2 aromatic rings. The second-order valence-electron chi connectivity index (χ2n) is 9.30. The topological polar surface area (TPSA) is 62.8 Å². The Morgan fingerprint density at radius 1 is 1.10 bits per heavy atom. The third-order valence-corrected chi connectivity index (χ3v) is 5.89. The van der Waals surface area contributed by atoms with Crippen molar-refractivity contribution in [1.29, 1.82) is 0 Å². The summed E-state index contributed by atoms with van der Waals surface area (Å²) in [5, 5.41) is 4.50. The van der Waals surface area contributed by atoms with Crippen molar-refractivity contribution in [2.45, 2.75) is 51.2 Å². The maximum absolute atomic E-state index is 12.1. The first-order valence-corrected chi connectivity index (χ1v) is 10.9. The van der Waals surface area contributed by atoms with Crippen LogP contribution in [0.4, 0.5) is 4.79 Å². The molecule has 2 aromatic carbocycles. The summed E-state index contributed by atoms with van der Waals surface area (Å²) >= 11 is 0. The van der Waals surface area contributed by atoms with E-state index in [0.29, 0.717) is 19.6 Å². The first-order chi connectivity index (χ1) is 14.8. The molecule has 0 atom stereocenters. The fourth-order valence-corrected chi connectivity index (χ4v) is 3.89. The first-order valence-electron chi connectivity index (χ1n) is 10.9. The average Bonchev–Trinajstić information content (AvgIpc) is 3.18. The Hall–Kier alpha value is -2.83. The van der Waals surface area contributed by atoms with E-state index >= 15 is 0 Å². The van der Waals surface area contributed by atoms with Gasteiger partial charge < -0.3 is 10.2 Å². The highest BCUT2D eigenvalue weighted by molar-refractivity contribution is 5.67. The highest BCUT2D eigenvalue weighted by Crippen LogP contribution is 2.35. The van der Waals surface area contributed by atoms with Gasteiger partial charge in [-0.15, -0.1) is 5.06 Å². The van der Waals surface area contributed by atoms with Crippen LogP contribution in [0.3, 0.4) is 0 Å². The standard InChI is InChI=1S/C25H31N3O3/c1-24(2,3)21-11-9-20(10-12-21)22-17-25(31-27-22)13-15-28(16-14-25)30-23(29)26-18-19-7-5-4-6-8-19/h4-12,17,27H,13-16,18H2,1-3H3,(H,26,29). The van der Waals surface area contributed by atoms with Crippen molar-refractivity contribution < 1.29 is 14.5 Å². The molecule has 0 radical (unpaired) electrons. The summed E-state index contributed by atoms with van der Waals surface area (Å²) in [5.74, 6) is 0. The van der Waals surface area contributed by atoms with Crippen molar-refractivity contribution in [3.63, 3.8) is 0 Å². The Balaban J connectivity index is 1.29. The lowest BCUT2D eigenvalue weighted by molar-refractivity contribution is -0.156. The third kappa shape index (κ3) is 5.27. The molecule has 31 heavy (non-hydrogen) atoms. The first kappa shape index (κ1) is 21.4. The Morgan fingerprint density at radius 2 is 1.77 bits per heavy atom. The van der Waals surface area contributed by atoms with Crippen LogP contribution in [0.1, 0.15) is 50.3 Å². The van der Waals surface area contributed by atoms with E-state index in [0.717, 1.165) is 29.7 Å². The van der Waals surface area contributed by atoms with E-state index in [2.05, 4.69) is 61.9 Å². The van der Waals surface area contributed by atoms with Crippen LogP contribution in [-0.2, 0) is 21.6 Å². The van der Waals surface area contributed by atoms with E-state index in [4.69, 9.17) is 9.68 Å². The number of rotatable bonds is 4. The fourth-order valence-electron chi connectivity index (χ4n) is 3.89. The molecule has 2 aliphatic rings. The average molecular weight is 422 g/mol. The molecular formula is C25H31N3O3. The molecule has 0 aliphatic carbocycles. The number of nitrogens with one attached hydrogen (secondary N) is 2. The van der Waals surface area contributed by atoms with Gasteiger partial charge in [0, 0.05) is 19.6 Å². The predicted octanol–water partition coefficient (Wildman–Crippen LogP) is 4.54. The van der Waals surface area contributed by atoms with Crippen molar-refractivity contribution in [3.05, 3.63) is 77.4 Å².